The summed E-state index contributed by atoms with van der Waals surface area (Å²) < 4.78 is 92.0. The van der Waals surface area contributed by atoms with Gasteiger partial charge >= 0.3 is 12.4 Å². The zero-order chi connectivity index (χ0) is 11.6. The van der Waals surface area contributed by atoms with Crippen LogP contribution in [0.15, 0.2) is 12.2 Å². The molecule has 0 N–H and O–H groups in total. The molecular formula is C6H4F8. The van der Waals surface area contributed by atoms with Crippen LogP contribution in [0.1, 0.15) is 0 Å². The molecule has 0 fully saturated rings. The van der Waals surface area contributed by atoms with E-state index in [0.29, 0.717) is 0 Å². The summed E-state index contributed by atoms with van der Waals surface area (Å²) in [6, 6.07) is 0. The molecule has 0 rings (SSSR count). The predicted molar refractivity (Wildman–Crippen MR) is 31.0 cm³/mol. The van der Waals surface area contributed by atoms with Crippen LogP contribution in [0.3, 0.4) is 0 Å². The third-order valence-corrected chi connectivity index (χ3v) is 1.07. The molecule has 2 atom stereocenters. The maximum absolute atomic E-state index is 11.9. The summed E-state index contributed by atoms with van der Waals surface area (Å²) in [4.78, 5) is 0. The van der Waals surface area contributed by atoms with E-state index in [9.17, 15) is 35.1 Å². The van der Waals surface area contributed by atoms with Gasteiger partial charge in [-0.05, 0) is 12.2 Å². The predicted octanol–water partition coefficient (Wildman–Crippen LogP) is 3.34. The number of alkyl halides is 8. The Morgan fingerprint density at radius 3 is 1.00 bits per heavy atom. The standard InChI is InChI=1S/C6H4F8/c7-3(5(9,10)11)1-2-4(8)6(12,13)14/h1-4H. The van der Waals surface area contributed by atoms with Gasteiger partial charge < -0.3 is 0 Å². The van der Waals surface area contributed by atoms with E-state index in [2.05, 4.69) is 0 Å². The molecule has 0 aliphatic rings. The highest BCUT2D eigenvalue weighted by atomic mass is 19.4. The lowest BCUT2D eigenvalue weighted by Crippen LogP contribution is -2.25. The van der Waals surface area contributed by atoms with E-state index in [1.807, 2.05) is 0 Å². The minimum Gasteiger partial charge on any atom is -0.233 e. The molecule has 0 spiro atoms. The van der Waals surface area contributed by atoms with Gasteiger partial charge in [0.15, 0.2) is 0 Å². The van der Waals surface area contributed by atoms with Crippen molar-refractivity contribution in [3.05, 3.63) is 12.2 Å². The van der Waals surface area contributed by atoms with Crippen LogP contribution < -0.4 is 0 Å². The monoisotopic (exact) mass is 228 g/mol. The highest BCUT2D eigenvalue weighted by molar-refractivity contribution is 4.99. The van der Waals surface area contributed by atoms with Crippen molar-refractivity contribution in [2.45, 2.75) is 24.7 Å². The van der Waals surface area contributed by atoms with Crippen molar-refractivity contribution in [1.29, 1.82) is 0 Å². The summed E-state index contributed by atoms with van der Waals surface area (Å²) >= 11 is 0. The quantitative estimate of drug-likeness (QED) is 0.502. The fraction of sp³-hybridized carbons (Fsp3) is 0.667. The van der Waals surface area contributed by atoms with Gasteiger partial charge in [-0.15, -0.1) is 0 Å². The second-order valence-electron chi connectivity index (χ2n) is 2.27. The highest BCUT2D eigenvalue weighted by Crippen LogP contribution is 2.27. The molecule has 0 nitrogen and oxygen atoms in total. The Hall–Kier alpha value is -0.820. The van der Waals surface area contributed by atoms with Crippen molar-refractivity contribution >= 4 is 0 Å². The fourth-order valence-corrected chi connectivity index (χ4v) is 0.413. The van der Waals surface area contributed by atoms with Crippen molar-refractivity contribution in [3.8, 4) is 0 Å². The Balaban J connectivity index is 4.32. The first-order valence-corrected chi connectivity index (χ1v) is 3.15. The normalized spacial score (nSPS) is 18.6. The lowest BCUT2D eigenvalue weighted by molar-refractivity contribution is -0.171. The smallest absolute Gasteiger partial charge is 0.233 e. The van der Waals surface area contributed by atoms with Crippen LogP contribution in [0.4, 0.5) is 35.1 Å². The number of rotatable bonds is 2. The van der Waals surface area contributed by atoms with Gasteiger partial charge in [0.1, 0.15) is 0 Å². The molecule has 14 heavy (non-hydrogen) atoms. The minimum absolute atomic E-state index is 0.516. The number of hydrogen-bond acceptors (Lipinski definition) is 0. The van der Waals surface area contributed by atoms with Crippen LogP contribution in [0.5, 0.6) is 0 Å². The molecule has 0 amide bonds. The molecule has 8 heteroatoms. The van der Waals surface area contributed by atoms with Crippen LogP contribution in [0.25, 0.3) is 0 Å². The second kappa shape index (κ2) is 4.14. The lowest BCUT2D eigenvalue weighted by Gasteiger charge is -2.10. The third-order valence-electron chi connectivity index (χ3n) is 1.07. The van der Waals surface area contributed by atoms with Gasteiger partial charge in [0.25, 0.3) is 0 Å². The minimum atomic E-state index is -5.32. The molecule has 0 aromatic heterocycles. The Morgan fingerprint density at radius 1 is 0.643 bits per heavy atom. The lowest BCUT2D eigenvalue weighted by atomic mass is 10.2. The first-order valence-electron chi connectivity index (χ1n) is 3.15. The van der Waals surface area contributed by atoms with Crippen molar-refractivity contribution in [3.63, 3.8) is 0 Å². The van der Waals surface area contributed by atoms with E-state index in [1.165, 1.54) is 0 Å². The number of allylic oxidation sites excluding steroid dienone is 2. The molecule has 0 bridgehead atoms. The van der Waals surface area contributed by atoms with E-state index in [0.717, 1.165) is 0 Å². The van der Waals surface area contributed by atoms with Gasteiger partial charge in [-0.3, -0.25) is 0 Å². The van der Waals surface area contributed by atoms with Gasteiger partial charge in [0.05, 0.1) is 0 Å². The van der Waals surface area contributed by atoms with Gasteiger partial charge in [-0.1, -0.05) is 0 Å². The maximum Gasteiger partial charge on any atom is 0.423 e. The van der Waals surface area contributed by atoms with Crippen molar-refractivity contribution in [1.82, 2.24) is 0 Å². The fourth-order valence-electron chi connectivity index (χ4n) is 0.413. The first-order chi connectivity index (χ1) is 6.05. The summed E-state index contributed by atoms with van der Waals surface area (Å²) in [5.74, 6) is 0. The average molecular weight is 228 g/mol. The molecule has 0 aliphatic carbocycles. The SMILES string of the molecule is FC(C=CC(F)C(F)(F)F)C(F)(F)F. The molecule has 2 unspecified atom stereocenters. The van der Waals surface area contributed by atoms with Gasteiger partial charge in [0, 0.05) is 0 Å². The van der Waals surface area contributed by atoms with Crippen LogP contribution in [0, 0.1) is 0 Å². The largest absolute Gasteiger partial charge is 0.423 e. The van der Waals surface area contributed by atoms with Gasteiger partial charge in [-0.25, -0.2) is 8.78 Å². The highest BCUT2D eigenvalue weighted by Gasteiger charge is 2.41. The number of hydrogen-bond donors (Lipinski definition) is 0. The topological polar surface area (TPSA) is 0 Å². The molecule has 0 aromatic rings. The first kappa shape index (κ1) is 13.2. The van der Waals surface area contributed by atoms with E-state index >= 15 is 0 Å². The summed E-state index contributed by atoms with van der Waals surface area (Å²) in [5.41, 5.74) is 0. The van der Waals surface area contributed by atoms with Gasteiger partial charge in [-0.2, -0.15) is 26.3 Å². The second-order valence-corrected chi connectivity index (χ2v) is 2.27. The molecule has 0 heterocycles. The van der Waals surface area contributed by atoms with E-state index in [-0.39, 0.29) is 0 Å². The summed E-state index contributed by atoms with van der Waals surface area (Å²) in [7, 11) is 0. The Bertz CT molecular complexity index is 177. The average Bonchev–Trinajstić information content (AvgIpc) is 1.95. The summed E-state index contributed by atoms with van der Waals surface area (Å²) in [6.07, 6.45) is -18.9. The molecule has 0 aliphatic heterocycles. The van der Waals surface area contributed by atoms with Crippen LogP contribution in [-0.4, -0.2) is 24.7 Å². The Morgan fingerprint density at radius 2 is 0.857 bits per heavy atom. The molecular weight excluding hydrogens is 224 g/mol. The Kier molecular flexibility index (Phi) is 3.90. The zero-order valence-corrected chi connectivity index (χ0v) is 6.33. The van der Waals surface area contributed by atoms with Crippen LogP contribution >= 0.6 is 0 Å². The van der Waals surface area contributed by atoms with Crippen molar-refractivity contribution in [2.75, 3.05) is 0 Å². The van der Waals surface area contributed by atoms with Gasteiger partial charge in [0.2, 0.25) is 12.3 Å². The summed E-state index contributed by atoms with van der Waals surface area (Å²) in [6.45, 7) is 0. The Labute approximate surface area is 73.2 Å². The maximum atomic E-state index is 11.9. The molecule has 84 valence electrons. The number of halogens is 8. The van der Waals surface area contributed by atoms with Crippen LogP contribution in [-0.2, 0) is 0 Å². The molecule has 0 saturated carbocycles. The molecule has 0 radical (unpaired) electrons. The van der Waals surface area contributed by atoms with E-state index in [4.69, 9.17) is 0 Å². The van der Waals surface area contributed by atoms with Crippen molar-refractivity contribution in [2.24, 2.45) is 0 Å². The molecule has 0 aromatic carbocycles. The third kappa shape index (κ3) is 4.43. The van der Waals surface area contributed by atoms with Crippen molar-refractivity contribution < 1.29 is 35.1 Å². The van der Waals surface area contributed by atoms with Crippen LogP contribution in [0.2, 0.25) is 0 Å². The summed E-state index contributed by atoms with van der Waals surface area (Å²) in [5, 5.41) is 0. The zero-order valence-electron chi connectivity index (χ0n) is 6.33. The molecule has 0 saturated heterocycles. The van der Waals surface area contributed by atoms with E-state index in [1.54, 1.807) is 0 Å². The van der Waals surface area contributed by atoms with E-state index < -0.39 is 36.8 Å².